The van der Waals surface area contributed by atoms with Crippen LogP contribution in [-0.2, 0) is 0 Å². The summed E-state index contributed by atoms with van der Waals surface area (Å²) in [4.78, 5) is 15.7. The molecule has 0 bridgehead atoms. The Morgan fingerprint density at radius 3 is 2.52 bits per heavy atom. The summed E-state index contributed by atoms with van der Waals surface area (Å²) in [6.45, 7) is 2.15. The Morgan fingerprint density at radius 1 is 0.920 bits per heavy atom. The Bertz CT molecular complexity index is 993. The van der Waals surface area contributed by atoms with Crippen molar-refractivity contribution in [1.82, 2.24) is 19.5 Å². The molecule has 0 N–H and O–H groups in total. The van der Waals surface area contributed by atoms with Crippen molar-refractivity contribution in [3.8, 4) is 5.82 Å². The molecule has 2 aromatic heterocycles. The summed E-state index contributed by atoms with van der Waals surface area (Å²) in [5, 5.41) is 0. The number of imidazole rings is 1. The number of hydrogen-bond acceptors (Lipinski definition) is 4. The highest BCUT2D eigenvalue weighted by molar-refractivity contribution is 5.76. The van der Waals surface area contributed by atoms with Gasteiger partial charge in [-0.3, -0.25) is 4.57 Å². The number of para-hydroxylation sites is 2. The van der Waals surface area contributed by atoms with Crippen molar-refractivity contribution in [2.75, 3.05) is 11.9 Å². The lowest BCUT2D eigenvalue weighted by Gasteiger charge is -2.25. The number of rotatable bonds is 4. The molecule has 25 heavy (non-hydrogen) atoms. The first-order valence-corrected chi connectivity index (χ1v) is 8.27. The topological polar surface area (TPSA) is 46.8 Å². The number of fused-ring (bicyclic) bond motifs is 1. The van der Waals surface area contributed by atoms with Crippen LogP contribution in [0.15, 0.2) is 73.2 Å². The lowest BCUT2D eigenvalue weighted by atomic mass is 10.1. The molecule has 0 fully saturated rings. The molecule has 4 rings (SSSR count). The molecule has 0 spiro atoms. The predicted octanol–water partition coefficient (Wildman–Crippen LogP) is 4.01. The van der Waals surface area contributed by atoms with Crippen molar-refractivity contribution in [1.29, 1.82) is 0 Å². The Balaban J connectivity index is 1.70. The lowest BCUT2D eigenvalue weighted by Crippen LogP contribution is -2.24. The Morgan fingerprint density at radius 2 is 1.68 bits per heavy atom. The highest BCUT2D eigenvalue weighted by Gasteiger charge is 2.15. The molecule has 0 aliphatic carbocycles. The van der Waals surface area contributed by atoms with E-state index in [1.807, 2.05) is 48.0 Å². The standard InChI is InChI=1S/C20H19N5/c1-15(16-8-4-3-5-9-16)24(2)20-21-13-12-19(23-20)25-14-22-17-10-6-7-11-18(17)25/h3-15H,1-2H3/t15-/m0/s1. The second kappa shape index (κ2) is 6.36. The fraction of sp³-hybridized carbons (Fsp3) is 0.150. The molecule has 0 aliphatic heterocycles. The van der Waals surface area contributed by atoms with E-state index in [0.717, 1.165) is 16.9 Å². The third-order valence-corrected chi connectivity index (χ3v) is 4.51. The summed E-state index contributed by atoms with van der Waals surface area (Å²) in [5.74, 6) is 1.50. The molecule has 0 saturated carbocycles. The van der Waals surface area contributed by atoms with Crippen LogP contribution in [0.3, 0.4) is 0 Å². The summed E-state index contributed by atoms with van der Waals surface area (Å²) in [7, 11) is 2.02. The maximum atomic E-state index is 4.75. The largest absolute Gasteiger partial charge is 0.337 e. The molecule has 0 radical (unpaired) electrons. The van der Waals surface area contributed by atoms with Crippen LogP contribution in [0.5, 0.6) is 0 Å². The fourth-order valence-corrected chi connectivity index (χ4v) is 2.91. The average molecular weight is 329 g/mol. The van der Waals surface area contributed by atoms with Crippen LogP contribution in [-0.4, -0.2) is 26.6 Å². The Labute approximate surface area is 146 Å². The van der Waals surface area contributed by atoms with E-state index in [1.54, 1.807) is 12.5 Å². The maximum absolute atomic E-state index is 4.75. The normalized spacial score (nSPS) is 12.2. The number of benzene rings is 2. The summed E-state index contributed by atoms with van der Waals surface area (Å²) in [6, 6.07) is 20.5. The number of hydrogen-bond donors (Lipinski definition) is 0. The first kappa shape index (κ1) is 15.3. The molecule has 1 atom stereocenters. The van der Waals surface area contributed by atoms with Gasteiger partial charge in [0.25, 0.3) is 0 Å². The molecule has 2 aromatic carbocycles. The van der Waals surface area contributed by atoms with Crippen LogP contribution in [0.1, 0.15) is 18.5 Å². The second-order valence-corrected chi connectivity index (χ2v) is 6.02. The molecule has 0 amide bonds. The van der Waals surface area contributed by atoms with E-state index in [4.69, 9.17) is 4.98 Å². The van der Waals surface area contributed by atoms with Gasteiger partial charge in [-0.1, -0.05) is 42.5 Å². The molecule has 5 nitrogen and oxygen atoms in total. The zero-order chi connectivity index (χ0) is 17.2. The lowest BCUT2D eigenvalue weighted by molar-refractivity contribution is 0.713. The van der Waals surface area contributed by atoms with Gasteiger partial charge in [0.1, 0.15) is 12.1 Å². The van der Waals surface area contributed by atoms with Gasteiger partial charge in [0.2, 0.25) is 5.95 Å². The molecule has 0 saturated heterocycles. The van der Waals surface area contributed by atoms with Crippen molar-refractivity contribution in [2.45, 2.75) is 13.0 Å². The average Bonchev–Trinajstić information content (AvgIpc) is 3.12. The second-order valence-electron chi connectivity index (χ2n) is 6.02. The third-order valence-electron chi connectivity index (χ3n) is 4.51. The quantitative estimate of drug-likeness (QED) is 0.567. The molecule has 0 aliphatic rings. The first-order chi connectivity index (χ1) is 12.2. The van der Waals surface area contributed by atoms with Crippen molar-refractivity contribution in [3.05, 3.63) is 78.8 Å². The van der Waals surface area contributed by atoms with Crippen LogP contribution in [0.25, 0.3) is 16.9 Å². The minimum absolute atomic E-state index is 0.177. The van der Waals surface area contributed by atoms with E-state index in [2.05, 4.69) is 46.1 Å². The first-order valence-electron chi connectivity index (χ1n) is 8.27. The highest BCUT2D eigenvalue weighted by Crippen LogP contribution is 2.23. The van der Waals surface area contributed by atoms with Crippen molar-refractivity contribution in [2.24, 2.45) is 0 Å². The smallest absolute Gasteiger partial charge is 0.227 e. The van der Waals surface area contributed by atoms with E-state index in [0.29, 0.717) is 5.95 Å². The van der Waals surface area contributed by atoms with Crippen LogP contribution in [0.2, 0.25) is 0 Å². The SMILES string of the molecule is C[C@@H](c1ccccc1)N(C)c1nccc(-n2cnc3ccccc32)n1. The van der Waals surface area contributed by atoms with Crippen LogP contribution >= 0.6 is 0 Å². The minimum atomic E-state index is 0.177. The number of anilines is 1. The van der Waals surface area contributed by atoms with Gasteiger partial charge in [-0.2, -0.15) is 4.98 Å². The Hall–Kier alpha value is -3.21. The molecule has 4 aromatic rings. The van der Waals surface area contributed by atoms with Gasteiger partial charge in [-0.25, -0.2) is 9.97 Å². The van der Waals surface area contributed by atoms with E-state index >= 15 is 0 Å². The maximum Gasteiger partial charge on any atom is 0.227 e. The van der Waals surface area contributed by atoms with Gasteiger partial charge in [0, 0.05) is 13.2 Å². The molecular weight excluding hydrogens is 310 g/mol. The van der Waals surface area contributed by atoms with Crippen LogP contribution in [0, 0.1) is 0 Å². The van der Waals surface area contributed by atoms with Crippen LogP contribution in [0.4, 0.5) is 5.95 Å². The summed E-state index contributed by atoms with van der Waals surface area (Å²) in [5.41, 5.74) is 3.21. The van der Waals surface area contributed by atoms with Gasteiger partial charge < -0.3 is 4.90 Å². The highest BCUT2D eigenvalue weighted by atomic mass is 15.3. The van der Waals surface area contributed by atoms with Gasteiger partial charge in [-0.05, 0) is 30.7 Å². The molecule has 0 unspecified atom stereocenters. The summed E-state index contributed by atoms with van der Waals surface area (Å²) in [6.07, 6.45) is 3.60. The zero-order valence-corrected chi connectivity index (χ0v) is 14.2. The fourth-order valence-electron chi connectivity index (χ4n) is 2.91. The predicted molar refractivity (Wildman–Crippen MR) is 99.9 cm³/mol. The number of nitrogens with zero attached hydrogens (tertiary/aromatic N) is 5. The van der Waals surface area contributed by atoms with Gasteiger partial charge in [0.05, 0.1) is 17.1 Å². The summed E-state index contributed by atoms with van der Waals surface area (Å²) >= 11 is 0. The summed E-state index contributed by atoms with van der Waals surface area (Å²) < 4.78 is 1.99. The number of aromatic nitrogens is 4. The molecule has 124 valence electrons. The van der Waals surface area contributed by atoms with Gasteiger partial charge in [0.15, 0.2) is 0 Å². The van der Waals surface area contributed by atoms with E-state index in [9.17, 15) is 0 Å². The van der Waals surface area contributed by atoms with E-state index < -0.39 is 0 Å². The van der Waals surface area contributed by atoms with Gasteiger partial charge in [-0.15, -0.1) is 0 Å². The monoisotopic (exact) mass is 329 g/mol. The van der Waals surface area contributed by atoms with Crippen molar-refractivity contribution < 1.29 is 0 Å². The molecular formula is C20H19N5. The van der Waals surface area contributed by atoms with Crippen LogP contribution < -0.4 is 4.90 Å². The van der Waals surface area contributed by atoms with Crippen molar-refractivity contribution in [3.63, 3.8) is 0 Å². The zero-order valence-electron chi connectivity index (χ0n) is 14.2. The molecule has 2 heterocycles. The Kier molecular flexibility index (Phi) is 3.90. The third kappa shape index (κ3) is 2.85. The van der Waals surface area contributed by atoms with E-state index in [1.165, 1.54) is 5.56 Å². The van der Waals surface area contributed by atoms with E-state index in [-0.39, 0.29) is 6.04 Å². The van der Waals surface area contributed by atoms with Crippen molar-refractivity contribution >= 4 is 17.0 Å². The minimum Gasteiger partial charge on any atom is -0.337 e. The molecule has 5 heteroatoms. The van der Waals surface area contributed by atoms with Gasteiger partial charge >= 0.3 is 0 Å².